The number of aromatic nitrogens is 1. The number of nitrogens with zero attached hydrogens (tertiary/aromatic N) is 1. The van der Waals surface area contributed by atoms with Gasteiger partial charge in [-0.3, -0.25) is 0 Å². The fourth-order valence-electron chi connectivity index (χ4n) is 1.24. The van der Waals surface area contributed by atoms with Gasteiger partial charge < -0.3 is 15.5 Å². The Balaban J connectivity index is 2.46. The van der Waals surface area contributed by atoms with Gasteiger partial charge in [-0.05, 0) is 24.5 Å². The first-order valence-electron chi connectivity index (χ1n) is 5.17. The van der Waals surface area contributed by atoms with Crippen molar-refractivity contribution in [2.45, 2.75) is 13.3 Å². The molecule has 5 heteroatoms. The van der Waals surface area contributed by atoms with Crippen LogP contribution >= 0.6 is 0 Å². The van der Waals surface area contributed by atoms with E-state index in [1.54, 1.807) is 6.07 Å². The van der Waals surface area contributed by atoms with Crippen LogP contribution in [0.5, 0.6) is 0 Å². The molecule has 1 aromatic rings. The van der Waals surface area contributed by atoms with E-state index in [4.69, 9.17) is 10.2 Å². The Bertz CT molecular complexity index is 338. The van der Waals surface area contributed by atoms with E-state index in [0.717, 1.165) is 18.7 Å². The van der Waals surface area contributed by atoms with Crippen LogP contribution in [0.1, 0.15) is 23.8 Å². The van der Waals surface area contributed by atoms with Gasteiger partial charge in [0.2, 0.25) is 0 Å². The van der Waals surface area contributed by atoms with Crippen molar-refractivity contribution in [3.05, 3.63) is 24.0 Å². The first-order chi connectivity index (χ1) is 7.63. The van der Waals surface area contributed by atoms with E-state index in [-0.39, 0.29) is 12.3 Å². The summed E-state index contributed by atoms with van der Waals surface area (Å²) in [7, 11) is 0. The topological polar surface area (TPSA) is 82.5 Å². The highest BCUT2D eigenvalue weighted by Gasteiger charge is 2.04. The summed E-state index contributed by atoms with van der Waals surface area (Å²) < 4.78 is 0. The summed E-state index contributed by atoms with van der Waals surface area (Å²) in [6, 6.07) is 3.14. The SMILES string of the molecule is CC(CCO)CNc1ccc(C(=O)O)nc1. The molecule has 0 spiro atoms. The average molecular weight is 224 g/mol. The molecule has 1 heterocycles. The Morgan fingerprint density at radius 3 is 2.81 bits per heavy atom. The first kappa shape index (κ1) is 12.4. The molecule has 3 N–H and O–H groups in total. The molecular formula is C11H16N2O3. The molecule has 0 aliphatic rings. The molecule has 1 unspecified atom stereocenters. The molecule has 0 aromatic carbocycles. The minimum atomic E-state index is -1.03. The number of aromatic carboxylic acids is 1. The summed E-state index contributed by atoms with van der Waals surface area (Å²) in [4.78, 5) is 14.3. The number of rotatable bonds is 6. The zero-order valence-electron chi connectivity index (χ0n) is 9.18. The fourth-order valence-corrected chi connectivity index (χ4v) is 1.24. The number of hydrogen-bond donors (Lipinski definition) is 3. The van der Waals surface area contributed by atoms with Gasteiger partial charge in [0.25, 0.3) is 0 Å². The lowest BCUT2D eigenvalue weighted by Gasteiger charge is -2.11. The minimum Gasteiger partial charge on any atom is -0.477 e. The number of carbonyl (C=O) groups is 1. The zero-order chi connectivity index (χ0) is 12.0. The molecule has 0 aliphatic heterocycles. The second-order valence-electron chi connectivity index (χ2n) is 3.74. The smallest absolute Gasteiger partial charge is 0.354 e. The van der Waals surface area contributed by atoms with Crippen molar-refractivity contribution >= 4 is 11.7 Å². The number of aliphatic hydroxyl groups excluding tert-OH is 1. The van der Waals surface area contributed by atoms with Gasteiger partial charge in [-0.15, -0.1) is 0 Å². The Morgan fingerprint density at radius 1 is 1.56 bits per heavy atom. The standard InChI is InChI=1S/C11H16N2O3/c1-8(4-5-14)6-12-9-2-3-10(11(15)16)13-7-9/h2-3,7-8,12,14H,4-6H2,1H3,(H,15,16). The van der Waals surface area contributed by atoms with Crippen LogP contribution in [-0.2, 0) is 0 Å². The van der Waals surface area contributed by atoms with Crippen LogP contribution < -0.4 is 5.32 Å². The van der Waals surface area contributed by atoms with Crippen molar-refractivity contribution < 1.29 is 15.0 Å². The third-order valence-electron chi connectivity index (χ3n) is 2.26. The maximum atomic E-state index is 10.6. The van der Waals surface area contributed by atoms with Crippen LogP contribution in [0.2, 0.25) is 0 Å². The highest BCUT2D eigenvalue weighted by Crippen LogP contribution is 2.08. The second kappa shape index (κ2) is 6.07. The van der Waals surface area contributed by atoms with Gasteiger partial charge in [0.05, 0.1) is 11.9 Å². The average Bonchev–Trinajstić information content (AvgIpc) is 2.27. The monoisotopic (exact) mass is 224 g/mol. The fraction of sp³-hybridized carbons (Fsp3) is 0.455. The molecule has 16 heavy (non-hydrogen) atoms. The van der Waals surface area contributed by atoms with E-state index < -0.39 is 5.97 Å². The highest BCUT2D eigenvalue weighted by molar-refractivity contribution is 5.85. The normalized spacial score (nSPS) is 12.1. The molecule has 0 amide bonds. The lowest BCUT2D eigenvalue weighted by atomic mass is 10.1. The van der Waals surface area contributed by atoms with Crippen molar-refractivity contribution in [3.8, 4) is 0 Å². The van der Waals surface area contributed by atoms with Gasteiger partial charge in [0.1, 0.15) is 5.69 Å². The molecule has 0 saturated carbocycles. The number of anilines is 1. The van der Waals surface area contributed by atoms with Gasteiger partial charge in [0.15, 0.2) is 0 Å². The van der Waals surface area contributed by atoms with Gasteiger partial charge in [-0.2, -0.15) is 0 Å². The van der Waals surface area contributed by atoms with Crippen LogP contribution in [0.3, 0.4) is 0 Å². The number of nitrogens with one attached hydrogen (secondary N) is 1. The van der Waals surface area contributed by atoms with Crippen molar-refractivity contribution in [1.29, 1.82) is 0 Å². The second-order valence-corrected chi connectivity index (χ2v) is 3.74. The highest BCUT2D eigenvalue weighted by atomic mass is 16.4. The third-order valence-corrected chi connectivity index (χ3v) is 2.26. The van der Waals surface area contributed by atoms with Gasteiger partial charge in [0, 0.05) is 13.2 Å². The molecule has 0 fully saturated rings. The number of pyridine rings is 1. The van der Waals surface area contributed by atoms with E-state index in [1.807, 2.05) is 6.92 Å². The van der Waals surface area contributed by atoms with E-state index >= 15 is 0 Å². The number of aliphatic hydroxyl groups is 1. The van der Waals surface area contributed by atoms with Crippen LogP contribution in [0.25, 0.3) is 0 Å². The van der Waals surface area contributed by atoms with Crippen molar-refractivity contribution in [2.24, 2.45) is 5.92 Å². The number of carboxylic acids is 1. The third kappa shape index (κ3) is 3.86. The van der Waals surface area contributed by atoms with Crippen molar-refractivity contribution in [2.75, 3.05) is 18.5 Å². The molecule has 0 saturated heterocycles. The van der Waals surface area contributed by atoms with Crippen LogP contribution in [0.15, 0.2) is 18.3 Å². The molecule has 0 radical (unpaired) electrons. The van der Waals surface area contributed by atoms with E-state index in [9.17, 15) is 4.79 Å². The van der Waals surface area contributed by atoms with Crippen LogP contribution in [0, 0.1) is 5.92 Å². The molecular weight excluding hydrogens is 208 g/mol. The van der Waals surface area contributed by atoms with Crippen LogP contribution in [0.4, 0.5) is 5.69 Å². The van der Waals surface area contributed by atoms with E-state index in [1.165, 1.54) is 12.3 Å². The van der Waals surface area contributed by atoms with Crippen molar-refractivity contribution in [3.63, 3.8) is 0 Å². The maximum Gasteiger partial charge on any atom is 0.354 e. The molecule has 1 aromatic heterocycles. The summed E-state index contributed by atoms with van der Waals surface area (Å²) in [5, 5.41) is 20.5. The molecule has 5 nitrogen and oxygen atoms in total. The first-order valence-corrected chi connectivity index (χ1v) is 5.17. The predicted molar refractivity (Wildman–Crippen MR) is 60.6 cm³/mol. The van der Waals surface area contributed by atoms with Gasteiger partial charge in [-0.1, -0.05) is 6.92 Å². The Morgan fingerprint density at radius 2 is 2.31 bits per heavy atom. The molecule has 88 valence electrons. The van der Waals surface area contributed by atoms with E-state index in [2.05, 4.69) is 10.3 Å². The molecule has 0 aliphatic carbocycles. The summed E-state index contributed by atoms with van der Waals surface area (Å²) in [5.74, 6) is -0.663. The van der Waals surface area contributed by atoms with E-state index in [0.29, 0.717) is 5.92 Å². The quantitative estimate of drug-likeness (QED) is 0.676. The summed E-state index contributed by atoms with van der Waals surface area (Å²) >= 11 is 0. The lowest BCUT2D eigenvalue weighted by molar-refractivity contribution is 0.0690. The Labute approximate surface area is 94.1 Å². The zero-order valence-corrected chi connectivity index (χ0v) is 9.18. The van der Waals surface area contributed by atoms with Crippen LogP contribution in [-0.4, -0.2) is 34.3 Å². The number of carboxylic acid groups (broad SMARTS) is 1. The minimum absolute atomic E-state index is 0.0361. The number of hydrogen-bond acceptors (Lipinski definition) is 4. The lowest BCUT2D eigenvalue weighted by Crippen LogP contribution is -2.13. The molecule has 1 rings (SSSR count). The largest absolute Gasteiger partial charge is 0.477 e. The predicted octanol–water partition coefficient (Wildman–Crippen LogP) is 1.21. The Kier molecular flexibility index (Phi) is 4.72. The Hall–Kier alpha value is -1.62. The molecule has 1 atom stereocenters. The summed E-state index contributed by atoms with van der Waals surface area (Å²) in [6.45, 7) is 2.94. The summed E-state index contributed by atoms with van der Waals surface area (Å²) in [6.07, 6.45) is 2.24. The van der Waals surface area contributed by atoms with Gasteiger partial charge >= 0.3 is 5.97 Å². The summed E-state index contributed by atoms with van der Waals surface area (Å²) in [5.41, 5.74) is 0.823. The van der Waals surface area contributed by atoms with Crippen molar-refractivity contribution in [1.82, 2.24) is 4.98 Å². The van der Waals surface area contributed by atoms with Gasteiger partial charge in [-0.25, -0.2) is 9.78 Å². The maximum absolute atomic E-state index is 10.6. The molecule has 0 bridgehead atoms.